The van der Waals surface area contributed by atoms with Crippen LogP contribution in [-0.4, -0.2) is 37.1 Å². The van der Waals surface area contributed by atoms with Crippen LogP contribution < -0.4 is 10.1 Å². The van der Waals surface area contributed by atoms with E-state index in [0.29, 0.717) is 12.3 Å². The Labute approximate surface area is 100 Å². The summed E-state index contributed by atoms with van der Waals surface area (Å²) in [6.07, 6.45) is -1.37. The van der Waals surface area contributed by atoms with Crippen molar-refractivity contribution in [2.45, 2.75) is 13.0 Å². The number of carbonyl (C=O) groups is 1. The number of amides is 1. The molecule has 1 atom stereocenters. The number of benzene rings is 1. The van der Waals surface area contributed by atoms with E-state index in [-0.39, 0.29) is 13.2 Å². The molecule has 1 aromatic carbocycles. The van der Waals surface area contributed by atoms with E-state index < -0.39 is 12.2 Å². The van der Waals surface area contributed by atoms with E-state index in [9.17, 15) is 9.90 Å². The number of carbonyl (C=O) groups excluding carboxylic acids is 1. The lowest BCUT2D eigenvalue weighted by Gasteiger charge is -2.12. The molecule has 0 saturated heterocycles. The van der Waals surface area contributed by atoms with E-state index >= 15 is 0 Å². The molecule has 1 rings (SSSR count). The number of ether oxygens (including phenoxy) is 2. The normalized spacial score (nSPS) is 11.6. The summed E-state index contributed by atoms with van der Waals surface area (Å²) in [5.41, 5.74) is 0. The second-order valence-electron chi connectivity index (χ2n) is 3.41. The number of hydrogen-bond donors (Lipinski definition) is 2. The predicted octanol–water partition coefficient (Wildman–Crippen LogP) is 1.17. The summed E-state index contributed by atoms with van der Waals surface area (Å²) < 4.78 is 10.1. The van der Waals surface area contributed by atoms with Crippen molar-refractivity contribution >= 4 is 6.09 Å². The van der Waals surface area contributed by atoms with Gasteiger partial charge in [-0.15, -0.1) is 0 Å². The van der Waals surface area contributed by atoms with Gasteiger partial charge in [0, 0.05) is 6.54 Å². The lowest BCUT2D eigenvalue weighted by molar-refractivity contribution is 0.0391. The van der Waals surface area contributed by atoms with Gasteiger partial charge in [-0.25, -0.2) is 4.79 Å². The molecule has 0 bridgehead atoms. The first-order valence-electron chi connectivity index (χ1n) is 5.49. The Hall–Kier alpha value is -1.75. The first-order valence-corrected chi connectivity index (χ1v) is 5.49. The fraction of sp³-hybridized carbons (Fsp3) is 0.417. The Kier molecular flexibility index (Phi) is 5.88. The monoisotopic (exact) mass is 239 g/mol. The second kappa shape index (κ2) is 7.51. The zero-order valence-electron chi connectivity index (χ0n) is 9.76. The minimum absolute atomic E-state index is 0.0847. The average Bonchev–Trinajstić information content (AvgIpc) is 2.35. The topological polar surface area (TPSA) is 67.8 Å². The van der Waals surface area contributed by atoms with Crippen LogP contribution in [0.3, 0.4) is 0 Å². The summed E-state index contributed by atoms with van der Waals surface area (Å²) in [6.45, 7) is 2.29. The molecule has 5 heteroatoms. The standard InChI is InChI=1S/C12H17NO4/c1-2-13-12(15)17-9-10(14)8-16-11-6-4-3-5-7-11/h3-7,10,14H,2,8-9H2,1H3,(H,13,15). The van der Waals surface area contributed by atoms with Crippen LogP contribution in [0.1, 0.15) is 6.92 Å². The molecular weight excluding hydrogens is 222 g/mol. The molecule has 0 aliphatic carbocycles. The van der Waals surface area contributed by atoms with Gasteiger partial charge in [0.25, 0.3) is 0 Å². The van der Waals surface area contributed by atoms with Gasteiger partial charge in [-0.2, -0.15) is 0 Å². The van der Waals surface area contributed by atoms with Crippen molar-refractivity contribution in [1.29, 1.82) is 0 Å². The summed E-state index contributed by atoms with van der Waals surface area (Å²) in [5, 5.41) is 12.0. The number of hydrogen-bond acceptors (Lipinski definition) is 4. The fourth-order valence-corrected chi connectivity index (χ4v) is 1.12. The van der Waals surface area contributed by atoms with Crippen LogP contribution in [0, 0.1) is 0 Å². The third-order valence-electron chi connectivity index (χ3n) is 1.91. The summed E-state index contributed by atoms with van der Waals surface area (Å²) in [6, 6.07) is 9.13. The Morgan fingerprint density at radius 1 is 1.35 bits per heavy atom. The number of nitrogens with one attached hydrogen (secondary N) is 1. The van der Waals surface area contributed by atoms with Gasteiger partial charge in [0.15, 0.2) is 0 Å². The summed E-state index contributed by atoms with van der Waals surface area (Å²) in [5.74, 6) is 0.671. The van der Waals surface area contributed by atoms with E-state index in [1.165, 1.54) is 0 Å². The lowest BCUT2D eigenvalue weighted by atomic mass is 10.3. The Bertz CT molecular complexity index is 329. The van der Waals surface area contributed by atoms with Crippen molar-refractivity contribution in [1.82, 2.24) is 5.32 Å². The molecule has 0 heterocycles. The SMILES string of the molecule is CCNC(=O)OCC(O)COc1ccccc1. The predicted molar refractivity (Wildman–Crippen MR) is 63.0 cm³/mol. The van der Waals surface area contributed by atoms with Crippen molar-refractivity contribution in [2.75, 3.05) is 19.8 Å². The number of aliphatic hydroxyl groups excluding tert-OH is 1. The molecule has 0 spiro atoms. The largest absolute Gasteiger partial charge is 0.491 e. The molecule has 94 valence electrons. The van der Waals surface area contributed by atoms with Crippen LogP contribution in [0.15, 0.2) is 30.3 Å². The molecule has 1 amide bonds. The van der Waals surface area contributed by atoms with Crippen LogP contribution in [0.25, 0.3) is 0 Å². The summed E-state index contributed by atoms with van der Waals surface area (Å²) in [7, 11) is 0. The molecule has 0 aliphatic heterocycles. The van der Waals surface area contributed by atoms with Crippen LogP contribution in [0.2, 0.25) is 0 Å². The number of alkyl carbamates (subject to hydrolysis) is 1. The zero-order chi connectivity index (χ0) is 12.5. The summed E-state index contributed by atoms with van der Waals surface area (Å²) in [4.78, 5) is 10.9. The molecule has 0 saturated carbocycles. The van der Waals surface area contributed by atoms with Gasteiger partial charge in [-0.1, -0.05) is 18.2 Å². The second-order valence-corrected chi connectivity index (χ2v) is 3.41. The molecule has 2 N–H and O–H groups in total. The minimum Gasteiger partial charge on any atom is -0.491 e. The quantitative estimate of drug-likeness (QED) is 0.782. The smallest absolute Gasteiger partial charge is 0.407 e. The van der Waals surface area contributed by atoms with E-state index in [1.807, 2.05) is 18.2 Å². The summed E-state index contributed by atoms with van der Waals surface area (Å²) >= 11 is 0. The highest BCUT2D eigenvalue weighted by Gasteiger charge is 2.08. The molecule has 17 heavy (non-hydrogen) atoms. The highest BCUT2D eigenvalue weighted by atomic mass is 16.6. The highest BCUT2D eigenvalue weighted by Crippen LogP contribution is 2.08. The Morgan fingerprint density at radius 2 is 2.06 bits per heavy atom. The molecule has 1 unspecified atom stereocenters. The molecule has 0 radical (unpaired) electrons. The van der Waals surface area contributed by atoms with Crippen LogP contribution in [0.5, 0.6) is 5.75 Å². The molecule has 0 aromatic heterocycles. The average molecular weight is 239 g/mol. The fourth-order valence-electron chi connectivity index (χ4n) is 1.12. The van der Waals surface area contributed by atoms with Gasteiger partial charge in [0.2, 0.25) is 0 Å². The molecule has 5 nitrogen and oxygen atoms in total. The van der Waals surface area contributed by atoms with Gasteiger partial charge in [-0.3, -0.25) is 0 Å². The van der Waals surface area contributed by atoms with Gasteiger partial charge in [-0.05, 0) is 19.1 Å². The third-order valence-corrected chi connectivity index (χ3v) is 1.91. The van der Waals surface area contributed by atoms with E-state index in [0.717, 1.165) is 0 Å². The van der Waals surface area contributed by atoms with Crippen molar-refractivity contribution in [3.8, 4) is 5.75 Å². The van der Waals surface area contributed by atoms with E-state index in [2.05, 4.69) is 5.32 Å². The zero-order valence-corrected chi connectivity index (χ0v) is 9.76. The van der Waals surface area contributed by atoms with Gasteiger partial charge in [0.05, 0.1) is 0 Å². The van der Waals surface area contributed by atoms with Gasteiger partial charge in [0.1, 0.15) is 25.1 Å². The molecule has 0 aliphatic rings. The molecule has 0 fully saturated rings. The maximum atomic E-state index is 10.9. The van der Waals surface area contributed by atoms with Crippen molar-refractivity contribution in [3.63, 3.8) is 0 Å². The Balaban J connectivity index is 2.17. The molecule has 1 aromatic rings. The van der Waals surface area contributed by atoms with E-state index in [1.54, 1.807) is 19.1 Å². The van der Waals surface area contributed by atoms with E-state index in [4.69, 9.17) is 9.47 Å². The number of aliphatic hydroxyl groups is 1. The van der Waals surface area contributed by atoms with Crippen molar-refractivity contribution in [3.05, 3.63) is 30.3 Å². The molecular formula is C12H17NO4. The Morgan fingerprint density at radius 3 is 2.71 bits per heavy atom. The minimum atomic E-state index is -0.835. The van der Waals surface area contributed by atoms with Crippen molar-refractivity contribution in [2.24, 2.45) is 0 Å². The number of rotatable bonds is 6. The van der Waals surface area contributed by atoms with Gasteiger partial charge >= 0.3 is 6.09 Å². The van der Waals surface area contributed by atoms with Crippen LogP contribution in [-0.2, 0) is 4.74 Å². The van der Waals surface area contributed by atoms with Crippen molar-refractivity contribution < 1.29 is 19.4 Å². The third kappa shape index (κ3) is 5.77. The van der Waals surface area contributed by atoms with Crippen LogP contribution >= 0.6 is 0 Å². The van der Waals surface area contributed by atoms with Crippen LogP contribution in [0.4, 0.5) is 4.79 Å². The maximum Gasteiger partial charge on any atom is 0.407 e. The first kappa shape index (κ1) is 13.3. The van der Waals surface area contributed by atoms with Gasteiger partial charge < -0.3 is 19.9 Å². The number of para-hydroxylation sites is 1. The first-order chi connectivity index (χ1) is 8.22. The maximum absolute atomic E-state index is 10.9. The lowest BCUT2D eigenvalue weighted by Crippen LogP contribution is -2.30. The highest BCUT2D eigenvalue weighted by molar-refractivity contribution is 5.66.